The standard InChI is InChI=1S/C12H17F2N3O/c13-11(14)9-8-10(16-15-9)12(18)17-6-4-2-1-3-5-7-17/h8,11H,1-7H2,(H,15,16). The van der Waals surface area contributed by atoms with Crippen molar-refractivity contribution in [3.05, 3.63) is 17.5 Å². The number of nitrogens with zero attached hydrogens (tertiary/aromatic N) is 2. The van der Waals surface area contributed by atoms with E-state index >= 15 is 0 Å². The first-order chi connectivity index (χ1) is 8.68. The third kappa shape index (κ3) is 3.05. The molecule has 1 N–H and O–H groups in total. The van der Waals surface area contributed by atoms with Crippen LogP contribution in [0.25, 0.3) is 0 Å². The monoisotopic (exact) mass is 257 g/mol. The summed E-state index contributed by atoms with van der Waals surface area (Å²) in [6, 6.07) is 1.14. The molecule has 2 heterocycles. The number of rotatable bonds is 2. The van der Waals surface area contributed by atoms with Gasteiger partial charge in [-0.2, -0.15) is 5.10 Å². The summed E-state index contributed by atoms with van der Waals surface area (Å²) in [5, 5.41) is 5.88. The van der Waals surface area contributed by atoms with Gasteiger partial charge in [0.1, 0.15) is 5.69 Å². The van der Waals surface area contributed by atoms with Gasteiger partial charge in [0.25, 0.3) is 12.3 Å². The predicted octanol–water partition coefficient (Wildman–Crippen LogP) is 2.75. The fraction of sp³-hybridized carbons (Fsp3) is 0.667. The number of H-pyrrole nitrogens is 1. The molecular weight excluding hydrogens is 240 g/mol. The summed E-state index contributed by atoms with van der Waals surface area (Å²) < 4.78 is 24.8. The van der Waals surface area contributed by atoms with Gasteiger partial charge >= 0.3 is 0 Å². The fourth-order valence-electron chi connectivity index (χ4n) is 2.17. The summed E-state index contributed by atoms with van der Waals surface area (Å²) in [4.78, 5) is 13.8. The van der Waals surface area contributed by atoms with Crippen molar-refractivity contribution < 1.29 is 13.6 Å². The van der Waals surface area contributed by atoms with Gasteiger partial charge in [0.2, 0.25) is 0 Å². The van der Waals surface area contributed by atoms with E-state index < -0.39 is 6.43 Å². The van der Waals surface area contributed by atoms with Gasteiger partial charge in [-0.05, 0) is 18.9 Å². The molecule has 2 rings (SSSR count). The summed E-state index contributed by atoms with van der Waals surface area (Å²) in [5.41, 5.74) is -0.212. The van der Waals surface area contributed by atoms with Crippen LogP contribution in [0, 0.1) is 0 Å². The number of carbonyl (C=O) groups is 1. The number of alkyl halides is 2. The Bertz CT molecular complexity index is 398. The van der Waals surface area contributed by atoms with E-state index in [1.54, 1.807) is 4.90 Å². The number of hydrogen-bond donors (Lipinski definition) is 1. The van der Waals surface area contributed by atoms with Gasteiger partial charge in [0, 0.05) is 13.1 Å². The summed E-state index contributed by atoms with van der Waals surface area (Å²) in [6.07, 6.45) is 2.76. The van der Waals surface area contributed by atoms with Gasteiger partial charge in [0.05, 0.1) is 0 Å². The molecule has 0 aliphatic carbocycles. The fourth-order valence-corrected chi connectivity index (χ4v) is 2.17. The maximum atomic E-state index is 12.4. The number of nitrogens with one attached hydrogen (secondary N) is 1. The van der Waals surface area contributed by atoms with Crippen molar-refractivity contribution in [2.75, 3.05) is 13.1 Å². The molecule has 1 fully saturated rings. The molecule has 0 saturated carbocycles. The van der Waals surface area contributed by atoms with E-state index in [0.717, 1.165) is 31.7 Å². The third-order valence-corrected chi connectivity index (χ3v) is 3.20. The Morgan fingerprint density at radius 2 is 1.83 bits per heavy atom. The van der Waals surface area contributed by atoms with Crippen molar-refractivity contribution >= 4 is 5.91 Å². The van der Waals surface area contributed by atoms with Crippen LogP contribution in [0.1, 0.15) is 54.7 Å². The third-order valence-electron chi connectivity index (χ3n) is 3.20. The Kier molecular flexibility index (Phi) is 4.28. The van der Waals surface area contributed by atoms with Crippen molar-refractivity contribution in [2.24, 2.45) is 0 Å². The molecule has 0 radical (unpaired) electrons. The van der Waals surface area contributed by atoms with Crippen molar-refractivity contribution in [1.82, 2.24) is 15.1 Å². The Morgan fingerprint density at radius 1 is 1.22 bits per heavy atom. The highest BCUT2D eigenvalue weighted by molar-refractivity contribution is 5.92. The van der Waals surface area contributed by atoms with Crippen LogP contribution in [0.4, 0.5) is 8.78 Å². The summed E-state index contributed by atoms with van der Waals surface area (Å²) in [6.45, 7) is 1.38. The van der Waals surface area contributed by atoms with Gasteiger partial charge in [0.15, 0.2) is 5.69 Å². The largest absolute Gasteiger partial charge is 0.337 e. The van der Waals surface area contributed by atoms with E-state index in [-0.39, 0.29) is 17.3 Å². The Balaban J connectivity index is 2.03. The van der Waals surface area contributed by atoms with E-state index in [0.29, 0.717) is 13.1 Å². The van der Waals surface area contributed by atoms with Crippen LogP contribution < -0.4 is 0 Å². The van der Waals surface area contributed by atoms with Crippen molar-refractivity contribution in [1.29, 1.82) is 0 Å². The summed E-state index contributed by atoms with van der Waals surface area (Å²) in [7, 11) is 0. The molecule has 0 bridgehead atoms. The molecule has 1 aliphatic rings. The summed E-state index contributed by atoms with van der Waals surface area (Å²) in [5.74, 6) is -0.250. The zero-order valence-electron chi connectivity index (χ0n) is 10.2. The molecule has 4 nitrogen and oxygen atoms in total. The van der Waals surface area contributed by atoms with Gasteiger partial charge < -0.3 is 4.90 Å². The lowest BCUT2D eigenvalue weighted by Crippen LogP contribution is -2.34. The molecule has 6 heteroatoms. The lowest BCUT2D eigenvalue weighted by atomic mass is 10.1. The van der Waals surface area contributed by atoms with Crippen molar-refractivity contribution in [2.45, 2.75) is 38.5 Å². The molecule has 0 atom stereocenters. The predicted molar refractivity (Wildman–Crippen MR) is 62.5 cm³/mol. The van der Waals surface area contributed by atoms with E-state index in [1.165, 1.54) is 6.42 Å². The van der Waals surface area contributed by atoms with Crippen LogP contribution in [-0.4, -0.2) is 34.1 Å². The van der Waals surface area contributed by atoms with Crippen LogP contribution in [-0.2, 0) is 0 Å². The number of aromatic amines is 1. The molecule has 18 heavy (non-hydrogen) atoms. The number of likely N-dealkylation sites (tertiary alicyclic amines) is 1. The molecule has 0 aromatic carbocycles. The van der Waals surface area contributed by atoms with Gasteiger partial charge in [-0.3, -0.25) is 9.89 Å². The number of carbonyl (C=O) groups excluding carboxylic acids is 1. The van der Waals surface area contributed by atoms with E-state index in [9.17, 15) is 13.6 Å². The second-order valence-electron chi connectivity index (χ2n) is 4.57. The van der Waals surface area contributed by atoms with E-state index in [4.69, 9.17) is 0 Å². The van der Waals surface area contributed by atoms with Crippen LogP contribution in [0.5, 0.6) is 0 Å². The van der Waals surface area contributed by atoms with Gasteiger partial charge in [-0.1, -0.05) is 19.3 Å². The molecule has 0 unspecified atom stereocenters. The van der Waals surface area contributed by atoms with Crippen LogP contribution >= 0.6 is 0 Å². The first kappa shape index (κ1) is 13.0. The Morgan fingerprint density at radius 3 is 2.39 bits per heavy atom. The van der Waals surface area contributed by atoms with Crippen molar-refractivity contribution in [3.63, 3.8) is 0 Å². The minimum absolute atomic E-state index is 0.0888. The molecule has 1 aromatic rings. The lowest BCUT2D eigenvalue weighted by Gasteiger charge is -2.23. The van der Waals surface area contributed by atoms with Crippen LogP contribution in [0.15, 0.2) is 6.07 Å². The average molecular weight is 257 g/mol. The molecule has 1 saturated heterocycles. The minimum atomic E-state index is -2.62. The minimum Gasteiger partial charge on any atom is -0.337 e. The molecule has 100 valence electrons. The second-order valence-corrected chi connectivity index (χ2v) is 4.57. The second kappa shape index (κ2) is 5.93. The molecule has 0 spiro atoms. The highest BCUT2D eigenvalue weighted by atomic mass is 19.3. The Labute approximate surface area is 104 Å². The number of aromatic nitrogens is 2. The molecular formula is C12H17F2N3O. The highest BCUT2D eigenvalue weighted by Crippen LogP contribution is 2.18. The molecule has 1 aliphatic heterocycles. The highest BCUT2D eigenvalue weighted by Gasteiger charge is 2.21. The maximum absolute atomic E-state index is 12.4. The lowest BCUT2D eigenvalue weighted by molar-refractivity contribution is 0.0736. The normalized spacial score (nSPS) is 17.6. The average Bonchev–Trinajstić information content (AvgIpc) is 2.77. The Hall–Kier alpha value is -1.46. The number of halogens is 2. The number of amides is 1. The van der Waals surface area contributed by atoms with Gasteiger partial charge in [-0.15, -0.1) is 0 Å². The SMILES string of the molecule is O=C(c1cc(C(F)F)[nH]n1)N1CCCCCCC1. The smallest absolute Gasteiger partial charge is 0.279 e. The van der Waals surface area contributed by atoms with E-state index in [2.05, 4.69) is 10.2 Å². The first-order valence-corrected chi connectivity index (χ1v) is 6.31. The first-order valence-electron chi connectivity index (χ1n) is 6.31. The van der Waals surface area contributed by atoms with Crippen LogP contribution in [0.2, 0.25) is 0 Å². The van der Waals surface area contributed by atoms with Crippen LogP contribution in [0.3, 0.4) is 0 Å². The molecule has 1 aromatic heterocycles. The topological polar surface area (TPSA) is 49.0 Å². The number of hydrogen-bond acceptors (Lipinski definition) is 2. The zero-order chi connectivity index (χ0) is 13.0. The quantitative estimate of drug-likeness (QED) is 0.885. The maximum Gasteiger partial charge on any atom is 0.279 e. The van der Waals surface area contributed by atoms with Crippen molar-refractivity contribution in [3.8, 4) is 0 Å². The zero-order valence-corrected chi connectivity index (χ0v) is 10.2. The molecule has 1 amide bonds. The summed E-state index contributed by atoms with van der Waals surface area (Å²) >= 11 is 0. The van der Waals surface area contributed by atoms with Gasteiger partial charge in [-0.25, -0.2) is 8.78 Å². The van der Waals surface area contributed by atoms with E-state index in [1.807, 2.05) is 0 Å².